The molecule has 0 aliphatic carbocycles. The average molecular weight is 285 g/mol. The highest BCUT2D eigenvalue weighted by atomic mass is 19.3. The molecule has 1 saturated heterocycles. The molecule has 1 N–H and O–H groups in total. The van der Waals surface area contributed by atoms with E-state index in [1.807, 2.05) is 6.07 Å². The van der Waals surface area contributed by atoms with Crippen molar-refractivity contribution in [2.45, 2.75) is 44.9 Å². The fourth-order valence-corrected chi connectivity index (χ4v) is 2.72. The van der Waals surface area contributed by atoms with E-state index in [0.29, 0.717) is 6.54 Å². The highest BCUT2D eigenvalue weighted by Gasteiger charge is 2.21. The molecule has 5 heteroatoms. The van der Waals surface area contributed by atoms with E-state index in [4.69, 9.17) is 0 Å². The van der Waals surface area contributed by atoms with Crippen LogP contribution in [0.25, 0.3) is 0 Å². The molecule has 0 radical (unpaired) electrons. The number of hydrogen-bond acceptors (Lipinski definition) is 3. The maximum Gasteiger partial charge on any atom is 0.387 e. The van der Waals surface area contributed by atoms with Crippen molar-refractivity contribution >= 4 is 0 Å². The zero-order valence-corrected chi connectivity index (χ0v) is 11.5. The monoisotopic (exact) mass is 285 g/mol. The Morgan fingerprint density at radius 3 is 2.80 bits per heavy atom. The molecule has 1 aromatic rings. The van der Waals surface area contributed by atoms with Crippen LogP contribution in [0.3, 0.4) is 0 Å². The van der Waals surface area contributed by atoms with Gasteiger partial charge in [-0.15, -0.1) is 0 Å². The van der Waals surface area contributed by atoms with Crippen LogP contribution in [0.1, 0.15) is 31.2 Å². The van der Waals surface area contributed by atoms with Gasteiger partial charge in [0.1, 0.15) is 5.75 Å². The van der Waals surface area contributed by atoms with Crippen molar-refractivity contribution in [1.29, 1.82) is 0 Å². The van der Waals surface area contributed by atoms with Crippen LogP contribution in [-0.2, 0) is 6.54 Å². The van der Waals surface area contributed by atoms with Crippen molar-refractivity contribution < 1.29 is 18.6 Å². The molecule has 1 aromatic carbocycles. The zero-order valence-electron chi connectivity index (χ0n) is 11.5. The standard InChI is InChI=1S/C15H21F2NO2/c16-15(17)20-14-8-4-3-6-12(14)10-18-9-5-1-2-7-13(18)11-19/h3-4,6,8,13,15,19H,1-2,5,7,9-11H2/t13-/m1/s1. The fraction of sp³-hybridized carbons (Fsp3) is 0.600. The normalized spacial score (nSPS) is 20.9. The van der Waals surface area contributed by atoms with Crippen LogP contribution in [0.5, 0.6) is 5.75 Å². The third-order valence-corrected chi connectivity index (χ3v) is 3.77. The van der Waals surface area contributed by atoms with Gasteiger partial charge in [-0.1, -0.05) is 31.0 Å². The highest BCUT2D eigenvalue weighted by Crippen LogP contribution is 2.25. The van der Waals surface area contributed by atoms with Crippen LogP contribution in [0.15, 0.2) is 24.3 Å². The van der Waals surface area contributed by atoms with Gasteiger partial charge in [0.05, 0.1) is 6.61 Å². The van der Waals surface area contributed by atoms with Gasteiger partial charge >= 0.3 is 6.61 Å². The summed E-state index contributed by atoms with van der Waals surface area (Å²) in [5.41, 5.74) is 0.744. The predicted molar refractivity (Wildman–Crippen MR) is 72.8 cm³/mol. The van der Waals surface area contributed by atoms with Crippen molar-refractivity contribution in [3.63, 3.8) is 0 Å². The first-order chi connectivity index (χ1) is 9.70. The van der Waals surface area contributed by atoms with Gasteiger partial charge in [0.25, 0.3) is 0 Å². The second kappa shape index (κ2) is 7.55. The van der Waals surface area contributed by atoms with Crippen LogP contribution in [0.2, 0.25) is 0 Å². The van der Waals surface area contributed by atoms with E-state index >= 15 is 0 Å². The van der Waals surface area contributed by atoms with Crippen molar-refractivity contribution in [1.82, 2.24) is 4.90 Å². The van der Waals surface area contributed by atoms with E-state index in [1.54, 1.807) is 18.2 Å². The molecule has 1 aliphatic heterocycles. The van der Waals surface area contributed by atoms with Crippen molar-refractivity contribution in [3.8, 4) is 5.75 Å². The molecule has 1 fully saturated rings. The summed E-state index contributed by atoms with van der Waals surface area (Å²) in [6, 6.07) is 6.98. The van der Waals surface area contributed by atoms with Gasteiger partial charge in [-0.05, 0) is 25.5 Å². The Labute approximate surface area is 118 Å². The number of alkyl halides is 2. The van der Waals surface area contributed by atoms with E-state index in [9.17, 15) is 13.9 Å². The molecule has 112 valence electrons. The van der Waals surface area contributed by atoms with Crippen molar-refractivity contribution in [3.05, 3.63) is 29.8 Å². The molecule has 20 heavy (non-hydrogen) atoms. The fourth-order valence-electron chi connectivity index (χ4n) is 2.72. The number of para-hydroxylation sites is 1. The Morgan fingerprint density at radius 2 is 2.05 bits per heavy atom. The summed E-state index contributed by atoms with van der Waals surface area (Å²) in [6.45, 7) is -1.28. The topological polar surface area (TPSA) is 32.7 Å². The zero-order chi connectivity index (χ0) is 14.4. The van der Waals surface area contributed by atoms with Gasteiger partial charge < -0.3 is 9.84 Å². The molecular formula is C15H21F2NO2. The summed E-state index contributed by atoms with van der Waals surface area (Å²) in [7, 11) is 0. The molecule has 0 amide bonds. The van der Waals surface area contributed by atoms with Gasteiger partial charge in [0.15, 0.2) is 0 Å². The Balaban J connectivity index is 2.10. The lowest BCUT2D eigenvalue weighted by molar-refractivity contribution is -0.0509. The molecule has 0 bridgehead atoms. The van der Waals surface area contributed by atoms with Crippen LogP contribution in [-0.4, -0.2) is 35.8 Å². The molecule has 0 spiro atoms. The van der Waals surface area contributed by atoms with Gasteiger partial charge in [0.2, 0.25) is 0 Å². The second-order valence-electron chi connectivity index (χ2n) is 5.14. The molecule has 3 nitrogen and oxygen atoms in total. The highest BCUT2D eigenvalue weighted by molar-refractivity contribution is 5.33. The Morgan fingerprint density at radius 1 is 1.25 bits per heavy atom. The lowest BCUT2D eigenvalue weighted by Crippen LogP contribution is -2.37. The van der Waals surface area contributed by atoms with Crippen molar-refractivity contribution in [2.24, 2.45) is 0 Å². The van der Waals surface area contributed by atoms with Gasteiger partial charge in [0, 0.05) is 18.2 Å². The maximum atomic E-state index is 12.4. The van der Waals surface area contributed by atoms with E-state index < -0.39 is 6.61 Å². The number of nitrogens with zero attached hydrogens (tertiary/aromatic N) is 1. The maximum absolute atomic E-state index is 12.4. The summed E-state index contributed by atoms with van der Waals surface area (Å²) in [6.07, 6.45) is 4.29. The summed E-state index contributed by atoms with van der Waals surface area (Å²) >= 11 is 0. The number of hydrogen-bond donors (Lipinski definition) is 1. The quantitative estimate of drug-likeness (QED) is 0.902. The largest absolute Gasteiger partial charge is 0.434 e. The van der Waals surface area contributed by atoms with Crippen LogP contribution >= 0.6 is 0 Å². The summed E-state index contributed by atoms with van der Waals surface area (Å²) in [4.78, 5) is 2.17. The third kappa shape index (κ3) is 4.15. The minimum Gasteiger partial charge on any atom is -0.434 e. The molecule has 1 heterocycles. The molecule has 1 aliphatic rings. The molecule has 0 saturated carbocycles. The van der Waals surface area contributed by atoms with E-state index in [-0.39, 0.29) is 18.4 Å². The van der Waals surface area contributed by atoms with Gasteiger partial charge in [-0.2, -0.15) is 8.78 Å². The van der Waals surface area contributed by atoms with Crippen LogP contribution in [0.4, 0.5) is 8.78 Å². The van der Waals surface area contributed by atoms with Gasteiger partial charge in [-0.3, -0.25) is 4.90 Å². The number of rotatable bonds is 5. The SMILES string of the molecule is OC[C@H]1CCCCCN1Cc1ccccc1OC(F)F. The minimum absolute atomic E-state index is 0.108. The number of benzene rings is 1. The summed E-state index contributed by atoms with van der Waals surface area (Å²) in [5, 5.41) is 9.49. The smallest absolute Gasteiger partial charge is 0.387 e. The first-order valence-electron chi connectivity index (χ1n) is 7.08. The molecule has 1 atom stereocenters. The lowest BCUT2D eigenvalue weighted by atomic mass is 10.1. The number of halogens is 2. The average Bonchev–Trinajstić information content (AvgIpc) is 2.65. The minimum atomic E-state index is -2.81. The predicted octanol–water partition coefficient (Wildman–Crippen LogP) is 3.02. The lowest BCUT2D eigenvalue weighted by Gasteiger charge is -2.29. The first-order valence-corrected chi connectivity index (χ1v) is 7.08. The number of ether oxygens (including phenoxy) is 1. The second-order valence-corrected chi connectivity index (χ2v) is 5.14. The molecular weight excluding hydrogens is 264 g/mol. The Hall–Kier alpha value is -1.20. The van der Waals surface area contributed by atoms with Crippen molar-refractivity contribution in [2.75, 3.05) is 13.2 Å². The molecule has 0 aromatic heterocycles. The Bertz CT molecular complexity index is 415. The summed E-state index contributed by atoms with van der Waals surface area (Å²) in [5.74, 6) is 0.225. The molecule has 0 unspecified atom stereocenters. The van der Waals surface area contributed by atoms with E-state index in [2.05, 4.69) is 9.64 Å². The number of aliphatic hydroxyl groups excluding tert-OH is 1. The van der Waals surface area contributed by atoms with E-state index in [1.165, 1.54) is 0 Å². The molecule has 2 rings (SSSR count). The van der Waals surface area contributed by atoms with Crippen LogP contribution in [0, 0.1) is 0 Å². The third-order valence-electron chi connectivity index (χ3n) is 3.77. The van der Waals surface area contributed by atoms with E-state index in [0.717, 1.165) is 37.8 Å². The van der Waals surface area contributed by atoms with Crippen LogP contribution < -0.4 is 4.74 Å². The first kappa shape index (κ1) is 15.2. The Kier molecular flexibility index (Phi) is 5.73. The number of likely N-dealkylation sites (tertiary alicyclic amines) is 1. The van der Waals surface area contributed by atoms with Gasteiger partial charge in [-0.25, -0.2) is 0 Å². The number of aliphatic hydroxyl groups is 1. The summed E-state index contributed by atoms with van der Waals surface area (Å²) < 4.78 is 29.4.